The Bertz CT molecular complexity index is 1450. The molecule has 2 heterocycles. The van der Waals surface area contributed by atoms with E-state index in [2.05, 4.69) is 10.2 Å². The molecular formula is C28H26ClN3O4. The van der Waals surface area contributed by atoms with Crippen molar-refractivity contribution in [3.05, 3.63) is 93.6 Å². The Balaban J connectivity index is 1.56. The molecule has 2 N–H and O–H groups in total. The van der Waals surface area contributed by atoms with Crippen LogP contribution in [0.4, 0.5) is 0 Å². The van der Waals surface area contributed by atoms with Gasteiger partial charge in [-0.3, -0.25) is 9.89 Å². The predicted molar refractivity (Wildman–Crippen MR) is 138 cm³/mol. The average Bonchev–Trinajstić information content (AvgIpc) is 3.42. The molecule has 1 aliphatic rings. The molecule has 5 rings (SSSR count). The fraction of sp³-hybridized carbons (Fsp3) is 0.214. The molecule has 0 radical (unpaired) electrons. The summed E-state index contributed by atoms with van der Waals surface area (Å²) >= 11 is 6.35. The van der Waals surface area contributed by atoms with E-state index in [1.807, 2.05) is 60.4 Å². The number of carbonyl (C=O) groups excluding carboxylic acids is 1. The first-order valence-corrected chi connectivity index (χ1v) is 11.9. The van der Waals surface area contributed by atoms with Gasteiger partial charge in [-0.05, 0) is 60.9 Å². The molecule has 1 amide bonds. The minimum Gasteiger partial charge on any atom is -0.507 e. The summed E-state index contributed by atoms with van der Waals surface area (Å²) < 4.78 is 10.8. The Morgan fingerprint density at radius 1 is 1.06 bits per heavy atom. The molecule has 4 aromatic rings. The standard InChI is InChI=1S/C28H26ClN3O4/c1-16-7-9-21(33)20(13-16)25-24-26(31-30-25)28(34)32(27(24)18-5-4-6-19(29)15-18)12-11-17-8-10-22(35-2)23(14-17)36-3/h4-10,13-15,27,33H,11-12H2,1-3H3,(H,30,31)/t27-/m0/s1. The Morgan fingerprint density at radius 2 is 1.86 bits per heavy atom. The second-order valence-electron chi connectivity index (χ2n) is 8.78. The van der Waals surface area contributed by atoms with Gasteiger partial charge in [-0.25, -0.2) is 0 Å². The van der Waals surface area contributed by atoms with Crippen molar-refractivity contribution in [2.45, 2.75) is 19.4 Å². The zero-order chi connectivity index (χ0) is 25.4. The Kier molecular flexibility index (Phi) is 6.33. The highest BCUT2D eigenvalue weighted by atomic mass is 35.5. The summed E-state index contributed by atoms with van der Waals surface area (Å²) in [5.74, 6) is 1.25. The Hall–Kier alpha value is -3.97. The summed E-state index contributed by atoms with van der Waals surface area (Å²) in [5.41, 5.74) is 5.15. The van der Waals surface area contributed by atoms with Crippen LogP contribution in [0.1, 0.15) is 38.8 Å². The number of nitrogens with zero attached hydrogens (tertiary/aromatic N) is 2. The largest absolute Gasteiger partial charge is 0.507 e. The summed E-state index contributed by atoms with van der Waals surface area (Å²) in [7, 11) is 3.20. The summed E-state index contributed by atoms with van der Waals surface area (Å²) in [6, 6.07) is 18.2. The monoisotopic (exact) mass is 503 g/mol. The lowest BCUT2D eigenvalue weighted by atomic mass is 9.95. The highest BCUT2D eigenvalue weighted by Gasteiger charge is 2.42. The second kappa shape index (κ2) is 9.59. The molecule has 36 heavy (non-hydrogen) atoms. The molecule has 8 heteroatoms. The van der Waals surface area contributed by atoms with E-state index in [0.717, 1.165) is 22.3 Å². The zero-order valence-electron chi connectivity index (χ0n) is 20.2. The first-order chi connectivity index (χ1) is 17.4. The molecule has 1 atom stereocenters. The molecule has 0 bridgehead atoms. The highest BCUT2D eigenvalue weighted by molar-refractivity contribution is 6.30. The number of ether oxygens (including phenoxy) is 2. The van der Waals surface area contributed by atoms with Gasteiger partial charge < -0.3 is 19.5 Å². The number of phenolic OH excluding ortho intramolecular Hbond substituents is 1. The maximum absolute atomic E-state index is 13.6. The molecule has 0 saturated heterocycles. The first-order valence-electron chi connectivity index (χ1n) is 11.6. The number of H-pyrrole nitrogens is 1. The van der Waals surface area contributed by atoms with Gasteiger partial charge in [0.05, 0.1) is 20.3 Å². The molecule has 1 aromatic heterocycles. The van der Waals surface area contributed by atoms with Crippen LogP contribution in [0.5, 0.6) is 17.2 Å². The number of aromatic hydroxyl groups is 1. The summed E-state index contributed by atoms with van der Waals surface area (Å²) in [6.07, 6.45) is 0.603. The predicted octanol–water partition coefficient (Wildman–Crippen LogP) is 5.55. The highest BCUT2D eigenvalue weighted by Crippen LogP contribution is 2.45. The number of hydrogen-bond acceptors (Lipinski definition) is 5. The number of aryl methyl sites for hydroxylation is 1. The lowest BCUT2D eigenvalue weighted by molar-refractivity contribution is 0.0746. The molecule has 1 aliphatic heterocycles. The summed E-state index contributed by atoms with van der Waals surface area (Å²) in [4.78, 5) is 15.4. The smallest absolute Gasteiger partial charge is 0.273 e. The number of benzene rings is 3. The maximum atomic E-state index is 13.6. The van der Waals surface area contributed by atoms with Crippen LogP contribution in [-0.4, -0.2) is 46.9 Å². The molecule has 0 fully saturated rings. The van der Waals surface area contributed by atoms with E-state index in [9.17, 15) is 9.90 Å². The van der Waals surface area contributed by atoms with Crippen molar-refractivity contribution in [2.75, 3.05) is 20.8 Å². The second-order valence-corrected chi connectivity index (χ2v) is 9.21. The minimum atomic E-state index is -0.417. The van der Waals surface area contributed by atoms with Crippen molar-refractivity contribution in [1.82, 2.24) is 15.1 Å². The van der Waals surface area contributed by atoms with E-state index < -0.39 is 6.04 Å². The van der Waals surface area contributed by atoms with Gasteiger partial charge in [0.25, 0.3) is 5.91 Å². The normalized spacial score (nSPS) is 14.7. The lowest BCUT2D eigenvalue weighted by Crippen LogP contribution is -2.31. The van der Waals surface area contributed by atoms with Crippen molar-refractivity contribution in [3.63, 3.8) is 0 Å². The molecular weight excluding hydrogens is 478 g/mol. The maximum Gasteiger partial charge on any atom is 0.273 e. The van der Waals surface area contributed by atoms with Gasteiger partial charge in [-0.15, -0.1) is 0 Å². The van der Waals surface area contributed by atoms with Crippen LogP contribution in [-0.2, 0) is 6.42 Å². The van der Waals surface area contributed by atoms with E-state index in [1.165, 1.54) is 0 Å². The van der Waals surface area contributed by atoms with E-state index in [0.29, 0.717) is 46.4 Å². The Morgan fingerprint density at radius 3 is 2.61 bits per heavy atom. The number of carbonyl (C=O) groups is 1. The van der Waals surface area contributed by atoms with Crippen molar-refractivity contribution >= 4 is 17.5 Å². The average molecular weight is 504 g/mol. The van der Waals surface area contributed by atoms with Crippen LogP contribution in [0.25, 0.3) is 11.3 Å². The number of amides is 1. The van der Waals surface area contributed by atoms with Gasteiger partial charge in [0.15, 0.2) is 11.5 Å². The molecule has 0 saturated carbocycles. The van der Waals surface area contributed by atoms with Gasteiger partial charge >= 0.3 is 0 Å². The number of phenols is 1. The van der Waals surface area contributed by atoms with Crippen molar-refractivity contribution in [3.8, 4) is 28.5 Å². The first kappa shape index (κ1) is 23.8. The van der Waals surface area contributed by atoms with Crippen molar-refractivity contribution < 1.29 is 19.4 Å². The molecule has 184 valence electrons. The SMILES string of the molecule is COc1ccc(CCN2C(=O)c3[nH]nc(-c4cc(C)ccc4O)c3[C@@H]2c2cccc(Cl)c2)cc1OC. The van der Waals surface area contributed by atoms with Crippen LogP contribution in [0.2, 0.25) is 5.02 Å². The van der Waals surface area contributed by atoms with E-state index in [-0.39, 0.29) is 11.7 Å². The number of fused-ring (bicyclic) bond motifs is 1. The zero-order valence-corrected chi connectivity index (χ0v) is 21.0. The van der Waals surface area contributed by atoms with Gasteiger partial charge in [0, 0.05) is 22.7 Å². The fourth-order valence-electron chi connectivity index (χ4n) is 4.78. The number of rotatable bonds is 7. The number of nitrogens with one attached hydrogen (secondary N) is 1. The molecule has 0 spiro atoms. The van der Waals surface area contributed by atoms with Gasteiger partial charge in [0.2, 0.25) is 0 Å². The van der Waals surface area contributed by atoms with Crippen LogP contribution in [0.15, 0.2) is 60.7 Å². The van der Waals surface area contributed by atoms with Crippen LogP contribution >= 0.6 is 11.6 Å². The number of hydrogen-bond donors (Lipinski definition) is 2. The van der Waals surface area contributed by atoms with E-state index in [1.54, 1.807) is 26.4 Å². The summed E-state index contributed by atoms with van der Waals surface area (Å²) in [5, 5.41) is 18.6. The van der Waals surface area contributed by atoms with E-state index >= 15 is 0 Å². The van der Waals surface area contributed by atoms with Crippen LogP contribution < -0.4 is 9.47 Å². The number of aromatic nitrogens is 2. The van der Waals surface area contributed by atoms with Crippen LogP contribution in [0, 0.1) is 6.92 Å². The Labute approximate surface area is 214 Å². The lowest BCUT2D eigenvalue weighted by Gasteiger charge is -2.27. The third-order valence-electron chi connectivity index (χ3n) is 6.52. The topological polar surface area (TPSA) is 87.7 Å². The van der Waals surface area contributed by atoms with Gasteiger partial charge in [-0.1, -0.05) is 41.4 Å². The molecule has 7 nitrogen and oxygen atoms in total. The fourth-order valence-corrected chi connectivity index (χ4v) is 4.98. The van der Waals surface area contributed by atoms with Crippen molar-refractivity contribution in [2.24, 2.45) is 0 Å². The van der Waals surface area contributed by atoms with Gasteiger partial charge in [0.1, 0.15) is 17.1 Å². The quantitative estimate of drug-likeness (QED) is 0.345. The molecule has 0 unspecified atom stereocenters. The van der Waals surface area contributed by atoms with Gasteiger partial charge in [-0.2, -0.15) is 5.10 Å². The number of halogens is 1. The molecule has 3 aromatic carbocycles. The van der Waals surface area contributed by atoms with E-state index in [4.69, 9.17) is 21.1 Å². The number of methoxy groups -OCH3 is 2. The molecule has 0 aliphatic carbocycles. The summed E-state index contributed by atoms with van der Waals surface area (Å²) in [6.45, 7) is 2.40. The van der Waals surface area contributed by atoms with Crippen LogP contribution in [0.3, 0.4) is 0 Å². The third-order valence-corrected chi connectivity index (χ3v) is 6.76. The minimum absolute atomic E-state index is 0.107. The third kappa shape index (κ3) is 4.16. The van der Waals surface area contributed by atoms with Crippen molar-refractivity contribution in [1.29, 1.82) is 0 Å². The number of aromatic amines is 1.